The molecular weight excluding hydrogens is 770 g/mol. The predicted octanol–water partition coefficient (Wildman–Crippen LogP) is 14.6. The van der Waals surface area contributed by atoms with Crippen LogP contribution in [0.2, 0.25) is 0 Å². The Morgan fingerprint density at radius 2 is 1.16 bits per heavy atom. The Bertz CT molecular complexity index is 1040. The fourth-order valence-corrected chi connectivity index (χ4v) is 14.8. The van der Waals surface area contributed by atoms with Crippen molar-refractivity contribution in [3.63, 3.8) is 0 Å². The topological polar surface area (TPSA) is 0 Å². The van der Waals surface area contributed by atoms with E-state index in [1.165, 1.54) is 64.2 Å². The van der Waals surface area contributed by atoms with Gasteiger partial charge in [-0.25, -0.2) is 0 Å². The van der Waals surface area contributed by atoms with Crippen molar-refractivity contribution in [3.8, 4) is 0 Å². The minimum Gasteiger partial charge on any atom is -0.0625 e. The van der Waals surface area contributed by atoms with Crippen molar-refractivity contribution in [2.45, 2.75) is 161 Å². The summed E-state index contributed by atoms with van der Waals surface area (Å²) in [6, 6.07) is 0. The van der Waals surface area contributed by atoms with Gasteiger partial charge in [0.15, 0.2) is 0 Å². The van der Waals surface area contributed by atoms with Gasteiger partial charge < -0.3 is 0 Å². The Balaban J connectivity index is 0.00000196. The van der Waals surface area contributed by atoms with Crippen LogP contribution in [0.15, 0.2) is 0 Å². The summed E-state index contributed by atoms with van der Waals surface area (Å²) < 4.78 is 0. The average molecular weight is 847 g/mol. The highest BCUT2D eigenvalue weighted by atomic mass is 128. The monoisotopic (exact) mass is 846 g/mol. The van der Waals surface area contributed by atoms with E-state index in [0.717, 1.165) is 82.9 Å². The van der Waals surface area contributed by atoms with Crippen LogP contribution >= 0.6 is 37.2 Å². The largest absolute Gasteiger partial charge is 0.0625 e. The zero-order valence-electron chi connectivity index (χ0n) is 32.4. The summed E-state index contributed by atoms with van der Waals surface area (Å²) in [7, 11) is 0. The van der Waals surface area contributed by atoms with Gasteiger partial charge >= 0.3 is 0 Å². The van der Waals surface area contributed by atoms with Crippen molar-refractivity contribution in [1.29, 1.82) is 0 Å². The lowest BCUT2D eigenvalue weighted by molar-refractivity contribution is -0.0400. The molecule has 6 fully saturated rings. The third kappa shape index (κ3) is 5.82. The average Bonchev–Trinajstić information content (AvgIpc) is 3.74. The highest BCUT2D eigenvalue weighted by molar-refractivity contribution is 15.0. The van der Waals surface area contributed by atoms with Crippen LogP contribution < -0.4 is 0 Å². The highest BCUT2D eigenvalue weighted by Gasteiger charge is 2.69. The Kier molecular flexibility index (Phi) is 10.8. The first kappa shape index (κ1) is 37.7. The van der Waals surface area contributed by atoms with E-state index >= 15 is 0 Å². The molecule has 14 atom stereocenters. The summed E-state index contributed by atoms with van der Waals surface area (Å²) in [6.45, 7) is 36.8. The van der Waals surface area contributed by atoms with Crippen LogP contribution in [0.1, 0.15) is 161 Å². The maximum atomic E-state index is 2.76. The van der Waals surface area contributed by atoms with E-state index in [-0.39, 0.29) is 0 Å². The second kappa shape index (κ2) is 12.9. The summed E-state index contributed by atoms with van der Waals surface area (Å²) in [5.74, 6) is 13.4. The molecule has 0 N–H and O–H groups in total. The van der Waals surface area contributed by atoms with Gasteiger partial charge in [-0.15, -0.1) is 0 Å². The molecule has 0 spiro atoms. The van der Waals surface area contributed by atoms with E-state index in [1.807, 2.05) is 0 Å². The minimum atomic E-state index is 0.448. The van der Waals surface area contributed by atoms with E-state index < -0.39 is 0 Å². The van der Waals surface area contributed by atoms with Crippen LogP contribution in [0.3, 0.4) is 0 Å². The van der Waals surface area contributed by atoms with Gasteiger partial charge in [0.25, 0.3) is 0 Å². The van der Waals surface area contributed by atoms with Gasteiger partial charge in [0.1, 0.15) is 0 Å². The minimum absolute atomic E-state index is 0.448. The predicted molar refractivity (Wildman–Crippen MR) is 215 cm³/mol. The second-order valence-corrected chi connectivity index (χ2v) is 21.7. The molecule has 6 rings (SSSR count). The van der Waals surface area contributed by atoms with Gasteiger partial charge in [-0.1, -0.05) is 96.9 Å². The van der Waals surface area contributed by atoms with E-state index in [1.54, 1.807) is 0 Å². The normalized spacial score (nSPS) is 48.7. The smallest absolute Gasteiger partial charge is 0 e. The third-order valence-corrected chi connectivity index (χ3v) is 19.2. The molecule has 262 valence electrons. The molecule has 45 heavy (non-hydrogen) atoms. The summed E-state index contributed by atoms with van der Waals surface area (Å²) in [6.07, 6.45) is 15.1. The summed E-state index contributed by atoms with van der Waals surface area (Å²) >= 11 is 4.24. The number of halogens is 2. The van der Waals surface area contributed by atoms with Crippen molar-refractivity contribution in [2.75, 3.05) is 0 Å². The molecule has 0 heterocycles. The van der Waals surface area contributed by atoms with Gasteiger partial charge in [-0.2, -0.15) is 0 Å². The van der Waals surface area contributed by atoms with Crippen LogP contribution in [0.4, 0.5) is 0 Å². The van der Waals surface area contributed by atoms with E-state index in [2.05, 4.69) is 134 Å². The number of hydrogen-bond donors (Lipinski definition) is 0. The Morgan fingerprint density at radius 1 is 0.600 bits per heavy atom. The van der Waals surface area contributed by atoms with Crippen molar-refractivity contribution < 1.29 is 0 Å². The molecule has 2 heteroatoms. The zero-order valence-corrected chi connectivity index (χ0v) is 36.7. The van der Waals surface area contributed by atoms with Gasteiger partial charge in [0, 0.05) is 37.2 Å². The fraction of sp³-hybridized carbons (Fsp3) is 1.00. The molecule has 0 saturated heterocycles. The third-order valence-electron chi connectivity index (χ3n) is 19.2. The lowest BCUT2D eigenvalue weighted by Gasteiger charge is -2.52. The number of fused-ring (bicyclic) bond motifs is 6. The molecule has 6 saturated carbocycles. The number of rotatable bonds is 8. The zero-order chi connectivity index (χ0) is 33.7. The van der Waals surface area contributed by atoms with Crippen molar-refractivity contribution >= 4 is 37.2 Å². The molecule has 0 nitrogen and oxygen atoms in total. The number of hydrogen-bond acceptors (Lipinski definition) is 0. The molecule has 0 amide bonds. The molecule has 0 aromatic carbocycles. The van der Waals surface area contributed by atoms with Crippen molar-refractivity contribution in [3.05, 3.63) is 0 Å². The molecule has 0 aliphatic heterocycles. The molecule has 6 aliphatic rings. The molecule has 0 radical (unpaired) electrons. The maximum Gasteiger partial charge on any atom is 0 e. The second-order valence-electron chi connectivity index (χ2n) is 21.7. The Labute approximate surface area is 306 Å². The summed E-state index contributed by atoms with van der Waals surface area (Å²) in [4.78, 5) is 0. The maximum absolute atomic E-state index is 2.76. The highest BCUT2D eigenvalue weighted by Crippen LogP contribution is 2.75. The van der Waals surface area contributed by atoms with Crippen molar-refractivity contribution in [1.82, 2.24) is 0 Å². The first-order chi connectivity index (χ1) is 20.8. The van der Waals surface area contributed by atoms with Crippen LogP contribution in [-0.2, 0) is 0 Å². The lowest BCUT2D eigenvalue weighted by Crippen LogP contribution is -2.46. The van der Waals surface area contributed by atoms with Crippen molar-refractivity contribution in [2.24, 2.45) is 110 Å². The van der Waals surface area contributed by atoms with E-state index in [4.69, 9.17) is 0 Å². The molecule has 0 aromatic rings. The van der Waals surface area contributed by atoms with Gasteiger partial charge in [-0.05, 0) is 174 Å². The van der Waals surface area contributed by atoms with E-state index in [9.17, 15) is 0 Å². The standard InChI is InChI=1S/C43H76.I2/c1-25(2)28(5)33-24-43(14,34-20-26(3)19-32(33)34)18-17-31-22-30(39(6,7)40(31,8)9)16-15-29-21-27(4)37-35-23-36(38(29)37)42(12,13)41(35,10)11;1-2/h25-38H,15-24H2,1-14H3;. The van der Waals surface area contributed by atoms with E-state index in [0.29, 0.717) is 27.1 Å². The molecular formula is C43H76I2. The lowest BCUT2D eigenvalue weighted by atomic mass is 9.53. The first-order valence-corrected chi connectivity index (χ1v) is 26.2. The van der Waals surface area contributed by atoms with Gasteiger partial charge in [-0.3, -0.25) is 0 Å². The summed E-state index contributed by atoms with van der Waals surface area (Å²) in [5, 5.41) is 0. The van der Waals surface area contributed by atoms with Crippen LogP contribution in [-0.4, -0.2) is 0 Å². The Morgan fingerprint density at radius 3 is 1.73 bits per heavy atom. The molecule has 6 aliphatic carbocycles. The summed E-state index contributed by atoms with van der Waals surface area (Å²) in [5.41, 5.74) is 2.51. The van der Waals surface area contributed by atoms with Crippen LogP contribution in [0, 0.1) is 110 Å². The van der Waals surface area contributed by atoms with Gasteiger partial charge in [0.05, 0.1) is 0 Å². The Hall–Kier alpha value is 1.46. The van der Waals surface area contributed by atoms with Crippen LogP contribution in [0.25, 0.3) is 0 Å². The SMILES string of the molecule is CC1CC2C(C(C)C(C)C)CC(C)(CCC3CC(CCC4CC(C)C5C4C4CC5C(C)(C)C4(C)C)C(C)(C)C3(C)C)C2C1.II. The van der Waals surface area contributed by atoms with Crippen LogP contribution in [0.5, 0.6) is 0 Å². The quantitative estimate of drug-likeness (QED) is 0.214. The molecule has 0 aromatic heterocycles. The van der Waals surface area contributed by atoms with Gasteiger partial charge in [0.2, 0.25) is 0 Å². The fourth-order valence-electron chi connectivity index (χ4n) is 14.8. The first-order valence-electron chi connectivity index (χ1n) is 19.9. The molecule has 14 unspecified atom stereocenters. The molecule has 2 bridgehead atoms.